The van der Waals surface area contributed by atoms with Crippen molar-refractivity contribution in [2.75, 3.05) is 13.1 Å². The first-order valence-electron chi connectivity index (χ1n) is 8.21. The molecule has 0 heterocycles. The number of benzene rings is 1. The van der Waals surface area contributed by atoms with E-state index in [1.165, 1.54) is 36.8 Å². The number of hydrogen-bond acceptors (Lipinski definition) is 2. The minimum absolute atomic E-state index is 0.308. The van der Waals surface area contributed by atoms with Crippen molar-refractivity contribution >= 4 is 0 Å². The first kappa shape index (κ1) is 15.5. The van der Waals surface area contributed by atoms with Crippen LogP contribution in [0.1, 0.15) is 56.7 Å². The molecule has 2 heteroatoms. The van der Waals surface area contributed by atoms with E-state index in [0.29, 0.717) is 18.5 Å². The van der Waals surface area contributed by atoms with Gasteiger partial charge in [0, 0.05) is 12.6 Å². The Labute approximate surface area is 124 Å². The van der Waals surface area contributed by atoms with Crippen LogP contribution in [0.5, 0.6) is 0 Å². The zero-order chi connectivity index (χ0) is 14.4. The fraction of sp³-hybridized carbons (Fsp3) is 0.667. The normalized spacial score (nSPS) is 16.6. The highest BCUT2D eigenvalue weighted by Crippen LogP contribution is 2.33. The second-order valence-electron chi connectivity index (χ2n) is 6.67. The van der Waals surface area contributed by atoms with Crippen LogP contribution < -0.4 is 11.1 Å². The maximum Gasteiger partial charge on any atom is 0.0444 e. The fourth-order valence-corrected chi connectivity index (χ4v) is 2.77. The van der Waals surface area contributed by atoms with Gasteiger partial charge >= 0.3 is 0 Å². The highest BCUT2D eigenvalue weighted by Gasteiger charge is 2.20. The van der Waals surface area contributed by atoms with Gasteiger partial charge in [-0.2, -0.15) is 0 Å². The predicted octanol–water partition coefficient (Wildman–Crippen LogP) is 3.66. The minimum Gasteiger partial charge on any atom is -0.329 e. The smallest absolute Gasteiger partial charge is 0.0444 e. The molecule has 1 aliphatic rings. The summed E-state index contributed by atoms with van der Waals surface area (Å²) in [5.41, 5.74) is 8.67. The maximum atomic E-state index is 5.92. The molecule has 0 bridgehead atoms. The second-order valence-corrected chi connectivity index (χ2v) is 6.67. The Morgan fingerprint density at radius 1 is 1.20 bits per heavy atom. The van der Waals surface area contributed by atoms with Crippen LogP contribution in [-0.4, -0.2) is 13.1 Å². The van der Waals surface area contributed by atoms with Gasteiger partial charge in [0.15, 0.2) is 0 Å². The highest BCUT2D eigenvalue weighted by molar-refractivity contribution is 5.25. The van der Waals surface area contributed by atoms with Gasteiger partial charge in [0.2, 0.25) is 0 Å². The zero-order valence-electron chi connectivity index (χ0n) is 13.1. The van der Waals surface area contributed by atoms with Crippen molar-refractivity contribution in [2.24, 2.45) is 17.6 Å². The van der Waals surface area contributed by atoms with Crippen molar-refractivity contribution in [2.45, 2.75) is 52.0 Å². The summed E-state index contributed by atoms with van der Waals surface area (Å²) in [5.74, 6) is 1.75. The molecule has 0 spiro atoms. The number of nitrogens with two attached hydrogens (primary N) is 1. The molecule has 0 amide bonds. The average molecular weight is 274 g/mol. The Morgan fingerprint density at radius 2 is 1.90 bits per heavy atom. The molecular formula is C18H30N2. The maximum absolute atomic E-state index is 5.92. The summed E-state index contributed by atoms with van der Waals surface area (Å²) in [4.78, 5) is 0. The van der Waals surface area contributed by atoms with Crippen LogP contribution in [0.3, 0.4) is 0 Å². The quantitative estimate of drug-likeness (QED) is 0.674. The van der Waals surface area contributed by atoms with Gasteiger partial charge in [-0.25, -0.2) is 0 Å². The van der Waals surface area contributed by atoms with Crippen molar-refractivity contribution in [3.05, 3.63) is 35.4 Å². The summed E-state index contributed by atoms with van der Waals surface area (Å²) in [7, 11) is 0. The van der Waals surface area contributed by atoms with E-state index in [2.05, 4.69) is 43.4 Å². The molecule has 2 rings (SSSR count). The van der Waals surface area contributed by atoms with Crippen LogP contribution in [0.4, 0.5) is 0 Å². The molecule has 1 aromatic carbocycles. The van der Waals surface area contributed by atoms with Gasteiger partial charge in [0.05, 0.1) is 0 Å². The van der Waals surface area contributed by atoms with Gasteiger partial charge < -0.3 is 11.1 Å². The molecule has 3 N–H and O–H groups in total. The molecule has 0 saturated heterocycles. The largest absolute Gasteiger partial charge is 0.329 e. The molecule has 1 fully saturated rings. The zero-order valence-corrected chi connectivity index (χ0v) is 13.1. The van der Waals surface area contributed by atoms with E-state index in [1.54, 1.807) is 0 Å². The van der Waals surface area contributed by atoms with Crippen molar-refractivity contribution < 1.29 is 0 Å². The van der Waals surface area contributed by atoms with Gasteiger partial charge in [-0.05, 0) is 48.8 Å². The molecule has 1 atom stereocenters. The SMILES string of the molecule is CC(C)Cc1ccc(C(CN)NCCCC2CC2)cc1. The van der Waals surface area contributed by atoms with Gasteiger partial charge in [-0.1, -0.05) is 51.0 Å². The van der Waals surface area contributed by atoms with E-state index in [9.17, 15) is 0 Å². The summed E-state index contributed by atoms with van der Waals surface area (Å²) in [6.07, 6.45) is 6.74. The molecular weight excluding hydrogens is 244 g/mol. The lowest BCUT2D eigenvalue weighted by Crippen LogP contribution is -2.29. The lowest BCUT2D eigenvalue weighted by molar-refractivity contribution is 0.512. The third kappa shape index (κ3) is 5.26. The molecule has 1 unspecified atom stereocenters. The topological polar surface area (TPSA) is 38.0 Å². The van der Waals surface area contributed by atoms with Crippen molar-refractivity contribution in [1.82, 2.24) is 5.32 Å². The number of rotatable bonds is 9. The van der Waals surface area contributed by atoms with Gasteiger partial charge in [0.25, 0.3) is 0 Å². The highest BCUT2D eigenvalue weighted by atomic mass is 14.9. The monoisotopic (exact) mass is 274 g/mol. The number of hydrogen-bond donors (Lipinski definition) is 2. The van der Waals surface area contributed by atoms with E-state index >= 15 is 0 Å². The first-order chi connectivity index (χ1) is 9.69. The summed E-state index contributed by atoms with van der Waals surface area (Å²) in [6, 6.07) is 9.29. The van der Waals surface area contributed by atoms with Crippen LogP contribution in [0.25, 0.3) is 0 Å². The van der Waals surface area contributed by atoms with Crippen LogP contribution in [0, 0.1) is 11.8 Å². The van der Waals surface area contributed by atoms with E-state index in [0.717, 1.165) is 18.9 Å². The summed E-state index contributed by atoms with van der Waals surface area (Å²) >= 11 is 0. The van der Waals surface area contributed by atoms with Crippen molar-refractivity contribution in [3.8, 4) is 0 Å². The molecule has 1 aliphatic carbocycles. The Balaban J connectivity index is 1.79. The fourth-order valence-electron chi connectivity index (χ4n) is 2.77. The van der Waals surface area contributed by atoms with Crippen LogP contribution in [-0.2, 0) is 6.42 Å². The van der Waals surface area contributed by atoms with E-state index in [-0.39, 0.29) is 0 Å². The predicted molar refractivity (Wildman–Crippen MR) is 86.7 cm³/mol. The molecule has 112 valence electrons. The summed E-state index contributed by atoms with van der Waals surface area (Å²) in [5, 5.41) is 3.60. The van der Waals surface area contributed by atoms with Crippen LogP contribution in [0.2, 0.25) is 0 Å². The third-order valence-electron chi connectivity index (χ3n) is 4.14. The Bertz CT molecular complexity index is 379. The van der Waals surface area contributed by atoms with Crippen LogP contribution >= 0.6 is 0 Å². The average Bonchev–Trinajstić information content (AvgIpc) is 3.24. The Hall–Kier alpha value is -0.860. The van der Waals surface area contributed by atoms with Gasteiger partial charge in [-0.15, -0.1) is 0 Å². The Kier molecular flexibility index (Phi) is 6.06. The first-order valence-corrected chi connectivity index (χ1v) is 8.21. The number of nitrogens with one attached hydrogen (secondary N) is 1. The Morgan fingerprint density at radius 3 is 2.45 bits per heavy atom. The van der Waals surface area contributed by atoms with Gasteiger partial charge in [-0.3, -0.25) is 0 Å². The van der Waals surface area contributed by atoms with Crippen molar-refractivity contribution in [1.29, 1.82) is 0 Å². The van der Waals surface area contributed by atoms with Gasteiger partial charge in [0.1, 0.15) is 0 Å². The van der Waals surface area contributed by atoms with E-state index in [1.807, 2.05) is 0 Å². The minimum atomic E-state index is 0.308. The molecule has 0 aliphatic heterocycles. The summed E-state index contributed by atoms with van der Waals surface area (Å²) in [6.45, 7) is 6.29. The summed E-state index contributed by atoms with van der Waals surface area (Å²) < 4.78 is 0. The standard InChI is InChI=1S/C18H30N2/c1-14(2)12-16-7-9-17(10-8-16)18(13-19)20-11-3-4-15-5-6-15/h7-10,14-15,18,20H,3-6,11-13,19H2,1-2H3. The molecule has 1 aromatic rings. The molecule has 2 nitrogen and oxygen atoms in total. The molecule has 0 aromatic heterocycles. The van der Waals surface area contributed by atoms with E-state index < -0.39 is 0 Å². The molecule has 0 radical (unpaired) electrons. The molecule has 1 saturated carbocycles. The van der Waals surface area contributed by atoms with Crippen molar-refractivity contribution in [3.63, 3.8) is 0 Å². The van der Waals surface area contributed by atoms with Crippen LogP contribution in [0.15, 0.2) is 24.3 Å². The van der Waals surface area contributed by atoms with E-state index in [4.69, 9.17) is 5.73 Å². The lowest BCUT2D eigenvalue weighted by atomic mass is 9.99. The molecule has 20 heavy (non-hydrogen) atoms. The lowest BCUT2D eigenvalue weighted by Gasteiger charge is -2.18. The second kappa shape index (κ2) is 7.80. The third-order valence-corrected chi connectivity index (χ3v) is 4.14.